The smallest absolute Gasteiger partial charge is 0.262 e. The van der Waals surface area contributed by atoms with Gasteiger partial charge in [-0.15, -0.1) is 0 Å². The number of nitrogens with one attached hydrogen (secondary N) is 1. The van der Waals surface area contributed by atoms with E-state index in [-0.39, 0.29) is 19.1 Å². The molecule has 0 saturated carbocycles. The molecular formula is C14H12Cl2N2O3. The number of anilines is 1. The van der Waals surface area contributed by atoms with Crippen LogP contribution in [0.4, 0.5) is 5.69 Å². The number of halogens is 2. The molecule has 21 heavy (non-hydrogen) atoms. The Hall–Kier alpha value is -1.82. The zero-order chi connectivity index (χ0) is 15.2. The summed E-state index contributed by atoms with van der Waals surface area (Å²) >= 11 is 11.7. The molecule has 0 radical (unpaired) electrons. The molecule has 0 saturated heterocycles. The Morgan fingerprint density at radius 2 is 2.14 bits per heavy atom. The molecule has 2 rings (SSSR count). The van der Waals surface area contributed by atoms with Gasteiger partial charge in [-0.25, -0.2) is 0 Å². The zero-order valence-electron chi connectivity index (χ0n) is 10.8. The van der Waals surface area contributed by atoms with Gasteiger partial charge in [0.25, 0.3) is 5.91 Å². The van der Waals surface area contributed by atoms with Crippen molar-refractivity contribution in [3.63, 3.8) is 0 Å². The summed E-state index contributed by atoms with van der Waals surface area (Å²) in [5.41, 5.74) is 1.01. The molecule has 5 nitrogen and oxygen atoms in total. The standard InChI is InChI=1S/C14H12Cl2N2O3/c15-10-1-2-13(11(16)5-10)21-8-14(20)18-12-6-17-4-3-9(12)7-19/h1-6,19H,7-8H2,(H,18,20). The highest BCUT2D eigenvalue weighted by atomic mass is 35.5. The van der Waals surface area contributed by atoms with Gasteiger partial charge in [0, 0.05) is 16.8 Å². The van der Waals surface area contributed by atoms with Crippen LogP contribution >= 0.6 is 23.2 Å². The first-order valence-electron chi connectivity index (χ1n) is 6.01. The zero-order valence-corrected chi connectivity index (χ0v) is 12.4. The van der Waals surface area contributed by atoms with Crippen molar-refractivity contribution in [2.75, 3.05) is 11.9 Å². The van der Waals surface area contributed by atoms with Gasteiger partial charge in [-0.1, -0.05) is 23.2 Å². The molecule has 2 aromatic rings. The summed E-state index contributed by atoms with van der Waals surface area (Å²) in [7, 11) is 0. The van der Waals surface area contributed by atoms with E-state index in [1.54, 1.807) is 18.2 Å². The van der Waals surface area contributed by atoms with Crippen LogP contribution in [-0.2, 0) is 11.4 Å². The molecular weight excluding hydrogens is 315 g/mol. The van der Waals surface area contributed by atoms with Crippen LogP contribution in [0.25, 0.3) is 0 Å². The van der Waals surface area contributed by atoms with Crippen molar-refractivity contribution in [1.82, 2.24) is 4.98 Å². The van der Waals surface area contributed by atoms with Gasteiger partial charge >= 0.3 is 0 Å². The number of rotatable bonds is 5. The lowest BCUT2D eigenvalue weighted by atomic mass is 10.2. The number of pyridine rings is 1. The van der Waals surface area contributed by atoms with Crippen LogP contribution < -0.4 is 10.1 Å². The largest absolute Gasteiger partial charge is 0.482 e. The highest BCUT2D eigenvalue weighted by molar-refractivity contribution is 6.35. The minimum atomic E-state index is -0.385. The normalized spacial score (nSPS) is 10.2. The van der Waals surface area contributed by atoms with Gasteiger partial charge in [-0.2, -0.15) is 0 Å². The molecule has 7 heteroatoms. The van der Waals surface area contributed by atoms with Gasteiger partial charge in [0.15, 0.2) is 6.61 Å². The Morgan fingerprint density at radius 3 is 2.86 bits per heavy atom. The van der Waals surface area contributed by atoms with Gasteiger partial charge in [0.1, 0.15) is 5.75 Å². The van der Waals surface area contributed by atoms with Crippen LogP contribution in [0.5, 0.6) is 5.75 Å². The topological polar surface area (TPSA) is 71.5 Å². The fourth-order valence-electron chi connectivity index (χ4n) is 1.60. The minimum Gasteiger partial charge on any atom is -0.482 e. The molecule has 0 spiro atoms. The Kier molecular flexibility index (Phi) is 5.38. The maximum atomic E-state index is 11.8. The van der Waals surface area contributed by atoms with Gasteiger partial charge in [0.05, 0.1) is 23.5 Å². The summed E-state index contributed by atoms with van der Waals surface area (Å²) in [5.74, 6) is -0.0199. The van der Waals surface area contributed by atoms with E-state index < -0.39 is 0 Å². The Labute approximate surface area is 131 Å². The SMILES string of the molecule is O=C(COc1ccc(Cl)cc1Cl)Nc1cnccc1CO. The maximum absolute atomic E-state index is 11.8. The number of carbonyl (C=O) groups excluding carboxylic acids is 1. The van der Waals surface area contributed by atoms with Gasteiger partial charge in [-0.3, -0.25) is 9.78 Å². The number of hydrogen-bond acceptors (Lipinski definition) is 4. The summed E-state index contributed by atoms with van der Waals surface area (Å²) in [6.07, 6.45) is 2.99. The second kappa shape index (κ2) is 7.26. The first-order chi connectivity index (χ1) is 10.1. The third kappa shape index (κ3) is 4.32. The summed E-state index contributed by atoms with van der Waals surface area (Å²) in [6, 6.07) is 6.35. The van der Waals surface area contributed by atoms with E-state index in [4.69, 9.17) is 33.0 Å². The predicted octanol–water partition coefficient (Wildman–Crippen LogP) is 2.90. The minimum absolute atomic E-state index is 0.192. The third-order valence-electron chi connectivity index (χ3n) is 2.61. The molecule has 1 amide bonds. The molecule has 1 aromatic carbocycles. The van der Waals surface area contributed by atoms with Gasteiger partial charge in [0.2, 0.25) is 0 Å². The molecule has 110 valence electrons. The van der Waals surface area contributed by atoms with Crippen LogP contribution in [0.2, 0.25) is 10.0 Å². The lowest BCUT2D eigenvalue weighted by molar-refractivity contribution is -0.118. The van der Waals surface area contributed by atoms with Crippen molar-refractivity contribution in [1.29, 1.82) is 0 Å². The summed E-state index contributed by atoms with van der Waals surface area (Å²) in [4.78, 5) is 15.7. The summed E-state index contributed by atoms with van der Waals surface area (Å²) < 4.78 is 5.31. The molecule has 0 fully saturated rings. The van der Waals surface area contributed by atoms with E-state index >= 15 is 0 Å². The number of benzene rings is 1. The van der Waals surface area contributed by atoms with Crippen LogP contribution in [0.3, 0.4) is 0 Å². The number of amides is 1. The lowest BCUT2D eigenvalue weighted by Crippen LogP contribution is -2.21. The molecule has 0 atom stereocenters. The summed E-state index contributed by atoms with van der Waals surface area (Å²) in [5, 5.41) is 12.6. The molecule has 0 aliphatic carbocycles. The number of aromatic nitrogens is 1. The van der Waals surface area contributed by atoms with E-state index in [9.17, 15) is 4.79 Å². The summed E-state index contributed by atoms with van der Waals surface area (Å²) in [6.45, 7) is -0.414. The molecule has 2 N–H and O–H groups in total. The quantitative estimate of drug-likeness (QED) is 0.886. The Morgan fingerprint density at radius 1 is 1.33 bits per heavy atom. The molecule has 1 heterocycles. The number of aliphatic hydroxyl groups is 1. The number of hydrogen-bond donors (Lipinski definition) is 2. The van der Waals surface area contributed by atoms with E-state index in [0.29, 0.717) is 27.0 Å². The van der Waals surface area contributed by atoms with E-state index in [1.165, 1.54) is 18.5 Å². The van der Waals surface area contributed by atoms with Gasteiger partial charge in [-0.05, 0) is 24.3 Å². The first-order valence-corrected chi connectivity index (χ1v) is 6.77. The first kappa shape index (κ1) is 15.6. The van der Waals surface area contributed by atoms with Crippen LogP contribution in [0, 0.1) is 0 Å². The van der Waals surface area contributed by atoms with Crippen molar-refractivity contribution >= 4 is 34.8 Å². The van der Waals surface area contributed by atoms with Crippen molar-refractivity contribution in [3.8, 4) is 5.75 Å². The lowest BCUT2D eigenvalue weighted by Gasteiger charge is -2.10. The third-order valence-corrected chi connectivity index (χ3v) is 3.14. The van der Waals surface area contributed by atoms with Crippen molar-refractivity contribution < 1.29 is 14.6 Å². The van der Waals surface area contributed by atoms with Crippen molar-refractivity contribution in [2.45, 2.75) is 6.61 Å². The van der Waals surface area contributed by atoms with E-state index in [1.807, 2.05) is 0 Å². The number of ether oxygens (including phenoxy) is 1. The average Bonchev–Trinajstić information content (AvgIpc) is 2.47. The van der Waals surface area contributed by atoms with Crippen molar-refractivity contribution in [2.24, 2.45) is 0 Å². The average molecular weight is 327 g/mol. The maximum Gasteiger partial charge on any atom is 0.262 e. The van der Waals surface area contributed by atoms with Crippen LogP contribution in [-0.4, -0.2) is 22.6 Å². The highest BCUT2D eigenvalue weighted by Gasteiger charge is 2.09. The molecule has 0 unspecified atom stereocenters. The Bertz CT molecular complexity index is 650. The van der Waals surface area contributed by atoms with Gasteiger partial charge < -0.3 is 15.2 Å². The Balaban J connectivity index is 1.96. The van der Waals surface area contributed by atoms with E-state index in [2.05, 4.69) is 10.3 Å². The second-order valence-corrected chi connectivity index (χ2v) is 4.95. The number of aliphatic hydroxyl groups excluding tert-OH is 1. The van der Waals surface area contributed by atoms with E-state index in [0.717, 1.165) is 0 Å². The number of nitrogens with zero attached hydrogens (tertiary/aromatic N) is 1. The number of carbonyl (C=O) groups is 1. The monoisotopic (exact) mass is 326 g/mol. The molecule has 0 aliphatic rings. The van der Waals surface area contributed by atoms with Crippen molar-refractivity contribution in [3.05, 3.63) is 52.3 Å². The second-order valence-electron chi connectivity index (χ2n) is 4.10. The fraction of sp³-hybridized carbons (Fsp3) is 0.143. The molecule has 1 aromatic heterocycles. The van der Waals surface area contributed by atoms with Crippen LogP contribution in [0.1, 0.15) is 5.56 Å². The van der Waals surface area contributed by atoms with Crippen LogP contribution in [0.15, 0.2) is 36.7 Å². The molecule has 0 bridgehead atoms. The highest BCUT2D eigenvalue weighted by Crippen LogP contribution is 2.27. The predicted molar refractivity (Wildman–Crippen MR) is 80.7 cm³/mol. The fourth-order valence-corrected chi connectivity index (χ4v) is 2.06. The molecule has 0 aliphatic heterocycles.